The Morgan fingerprint density at radius 2 is 2.05 bits per heavy atom. The lowest BCUT2D eigenvalue weighted by Crippen LogP contribution is -2.44. The van der Waals surface area contributed by atoms with Gasteiger partial charge in [0.25, 0.3) is 0 Å². The second-order valence-corrected chi connectivity index (χ2v) is 6.24. The first-order chi connectivity index (χ1) is 10.8. The molecule has 3 unspecified atom stereocenters. The number of hydrogen-bond acceptors (Lipinski definition) is 4. The molecular formula is C16H21N5O. The number of carbonyl (C=O) groups is 1. The summed E-state index contributed by atoms with van der Waals surface area (Å²) in [5.41, 5.74) is 11.5. The van der Waals surface area contributed by atoms with E-state index in [2.05, 4.69) is 38.8 Å². The average molecular weight is 299 g/mol. The summed E-state index contributed by atoms with van der Waals surface area (Å²) in [6.45, 7) is 0.558. The number of hydrogen-bond donors (Lipinski definition) is 5. The Hall–Kier alpha value is -1.89. The fraction of sp³-hybridized carbons (Fsp3) is 0.438. The van der Waals surface area contributed by atoms with E-state index in [4.69, 9.17) is 0 Å². The van der Waals surface area contributed by atoms with Gasteiger partial charge in [-0.25, -0.2) is 10.9 Å². The van der Waals surface area contributed by atoms with Crippen LogP contribution in [0, 0.1) is 5.92 Å². The van der Waals surface area contributed by atoms with Crippen molar-refractivity contribution in [3.63, 3.8) is 0 Å². The smallest absolute Gasteiger partial charge is 0.223 e. The van der Waals surface area contributed by atoms with Crippen LogP contribution in [0.15, 0.2) is 30.3 Å². The molecule has 1 saturated heterocycles. The van der Waals surface area contributed by atoms with Crippen molar-refractivity contribution < 1.29 is 4.79 Å². The summed E-state index contributed by atoms with van der Waals surface area (Å²) in [7, 11) is 0. The number of fused-ring (bicyclic) bond motifs is 2. The van der Waals surface area contributed by atoms with Gasteiger partial charge in [-0.05, 0) is 36.8 Å². The van der Waals surface area contributed by atoms with Gasteiger partial charge in [0.05, 0.1) is 6.54 Å². The van der Waals surface area contributed by atoms with Crippen molar-refractivity contribution in [2.24, 2.45) is 5.92 Å². The standard InChI is InChI=1S/C16H21N5O/c22-16(11-5-6-14-15(8-11)20-21-19-14)17-9-12-7-10-3-1-2-4-13(10)18-12/h1-4,7,11,14-15,18-21H,5-6,8-9H2,(H,17,22). The van der Waals surface area contributed by atoms with E-state index >= 15 is 0 Å². The van der Waals surface area contributed by atoms with Crippen molar-refractivity contribution in [2.75, 3.05) is 0 Å². The van der Waals surface area contributed by atoms with Crippen LogP contribution in [0.25, 0.3) is 10.9 Å². The second kappa shape index (κ2) is 5.72. The number of carbonyl (C=O) groups excluding carboxylic acids is 1. The monoisotopic (exact) mass is 299 g/mol. The lowest BCUT2D eigenvalue weighted by molar-refractivity contribution is -0.126. The molecule has 0 bridgehead atoms. The van der Waals surface area contributed by atoms with Crippen molar-refractivity contribution in [1.29, 1.82) is 0 Å². The van der Waals surface area contributed by atoms with Crippen molar-refractivity contribution >= 4 is 16.8 Å². The highest BCUT2D eigenvalue weighted by Gasteiger charge is 2.36. The highest BCUT2D eigenvalue weighted by atomic mass is 16.1. The van der Waals surface area contributed by atoms with Crippen LogP contribution in [-0.4, -0.2) is 23.0 Å². The Bertz CT molecular complexity index is 649. The maximum absolute atomic E-state index is 12.4. The van der Waals surface area contributed by atoms with Gasteiger partial charge in [0, 0.05) is 29.2 Å². The predicted molar refractivity (Wildman–Crippen MR) is 84.5 cm³/mol. The minimum Gasteiger partial charge on any atom is -0.357 e. The Morgan fingerprint density at radius 1 is 1.18 bits per heavy atom. The number of rotatable bonds is 3. The SMILES string of the molecule is O=C(NCc1cc2ccccc2[nH]1)C1CCC2NNNC2C1. The summed E-state index contributed by atoms with van der Waals surface area (Å²) in [6, 6.07) is 11.0. The molecule has 2 aliphatic rings. The minimum atomic E-state index is 0.0971. The number of nitrogens with one attached hydrogen (secondary N) is 5. The van der Waals surface area contributed by atoms with Gasteiger partial charge in [-0.3, -0.25) is 4.79 Å². The molecule has 0 spiro atoms. The van der Waals surface area contributed by atoms with Gasteiger partial charge in [-0.1, -0.05) is 18.2 Å². The van der Waals surface area contributed by atoms with Gasteiger partial charge in [-0.15, -0.1) is 0 Å². The van der Waals surface area contributed by atoms with Gasteiger partial charge in [0.15, 0.2) is 0 Å². The molecule has 2 fully saturated rings. The van der Waals surface area contributed by atoms with Crippen molar-refractivity contribution in [1.82, 2.24) is 26.7 Å². The molecule has 0 radical (unpaired) electrons. The van der Waals surface area contributed by atoms with Crippen LogP contribution in [0.1, 0.15) is 25.0 Å². The molecule has 1 saturated carbocycles. The van der Waals surface area contributed by atoms with E-state index < -0.39 is 0 Å². The van der Waals surface area contributed by atoms with Crippen LogP contribution in [-0.2, 0) is 11.3 Å². The third-order valence-corrected chi connectivity index (χ3v) is 4.78. The molecular weight excluding hydrogens is 278 g/mol. The van der Waals surface area contributed by atoms with E-state index in [9.17, 15) is 4.79 Å². The maximum Gasteiger partial charge on any atom is 0.223 e. The molecule has 6 nitrogen and oxygen atoms in total. The van der Waals surface area contributed by atoms with E-state index in [1.54, 1.807) is 0 Å². The number of aromatic nitrogens is 1. The lowest BCUT2D eigenvalue weighted by Gasteiger charge is -2.29. The summed E-state index contributed by atoms with van der Waals surface area (Å²) in [4.78, 5) is 15.7. The maximum atomic E-state index is 12.4. The molecule has 22 heavy (non-hydrogen) atoms. The van der Waals surface area contributed by atoms with E-state index in [-0.39, 0.29) is 11.8 Å². The summed E-state index contributed by atoms with van der Waals surface area (Å²) < 4.78 is 0. The van der Waals surface area contributed by atoms with Crippen molar-refractivity contribution in [3.8, 4) is 0 Å². The molecule has 5 N–H and O–H groups in total. The first-order valence-electron chi connectivity index (χ1n) is 7.90. The number of benzene rings is 1. The van der Waals surface area contributed by atoms with Gasteiger partial charge in [0.1, 0.15) is 0 Å². The van der Waals surface area contributed by atoms with Crippen LogP contribution < -0.4 is 21.7 Å². The summed E-state index contributed by atoms with van der Waals surface area (Å²) in [6.07, 6.45) is 2.84. The topological polar surface area (TPSA) is 81.0 Å². The highest BCUT2D eigenvalue weighted by Crippen LogP contribution is 2.26. The lowest BCUT2D eigenvalue weighted by atomic mass is 9.82. The first-order valence-corrected chi connectivity index (χ1v) is 7.90. The molecule has 4 rings (SSSR count). The van der Waals surface area contributed by atoms with Gasteiger partial charge < -0.3 is 10.3 Å². The summed E-state index contributed by atoms with van der Waals surface area (Å²) >= 11 is 0. The molecule has 116 valence electrons. The molecule has 1 aliphatic carbocycles. The molecule has 1 aromatic heterocycles. The van der Waals surface area contributed by atoms with E-state index in [1.807, 2.05) is 18.2 Å². The third-order valence-electron chi connectivity index (χ3n) is 4.78. The summed E-state index contributed by atoms with van der Waals surface area (Å²) in [5.74, 6) is 0.255. The van der Waals surface area contributed by atoms with Gasteiger partial charge >= 0.3 is 0 Å². The van der Waals surface area contributed by atoms with Crippen LogP contribution >= 0.6 is 0 Å². The molecule has 3 atom stereocenters. The van der Waals surface area contributed by atoms with Crippen LogP contribution in [0.4, 0.5) is 0 Å². The van der Waals surface area contributed by atoms with Crippen LogP contribution in [0.2, 0.25) is 0 Å². The van der Waals surface area contributed by atoms with E-state index in [1.165, 1.54) is 5.39 Å². The number of amides is 1. The molecule has 1 amide bonds. The second-order valence-electron chi connectivity index (χ2n) is 6.24. The highest BCUT2D eigenvalue weighted by molar-refractivity contribution is 5.81. The first kappa shape index (κ1) is 13.8. The average Bonchev–Trinajstić information content (AvgIpc) is 3.17. The minimum absolute atomic E-state index is 0.0971. The Balaban J connectivity index is 1.36. The van der Waals surface area contributed by atoms with Gasteiger partial charge in [0.2, 0.25) is 5.91 Å². The fourth-order valence-electron chi connectivity index (χ4n) is 3.52. The predicted octanol–water partition coefficient (Wildman–Crippen LogP) is 0.934. The normalized spacial score (nSPS) is 27.7. The fourth-order valence-corrected chi connectivity index (χ4v) is 3.52. The quantitative estimate of drug-likeness (QED) is 0.584. The van der Waals surface area contributed by atoms with Crippen molar-refractivity contribution in [3.05, 3.63) is 36.0 Å². The number of H-pyrrole nitrogens is 1. The number of hydrazine groups is 2. The Labute approximate surface area is 129 Å². The Morgan fingerprint density at radius 3 is 2.95 bits per heavy atom. The largest absolute Gasteiger partial charge is 0.357 e. The zero-order valence-corrected chi connectivity index (χ0v) is 12.4. The molecule has 2 aromatic rings. The van der Waals surface area contributed by atoms with E-state index in [0.29, 0.717) is 18.6 Å². The van der Waals surface area contributed by atoms with E-state index in [0.717, 1.165) is 30.5 Å². The van der Waals surface area contributed by atoms with Gasteiger partial charge in [-0.2, -0.15) is 5.53 Å². The number of aromatic amines is 1. The summed E-state index contributed by atoms with van der Waals surface area (Å²) in [5, 5.41) is 4.25. The van der Waals surface area contributed by atoms with Crippen LogP contribution in [0.3, 0.4) is 0 Å². The number of para-hydroxylation sites is 1. The molecule has 2 heterocycles. The Kier molecular flexibility index (Phi) is 3.57. The van der Waals surface area contributed by atoms with Crippen molar-refractivity contribution in [2.45, 2.75) is 37.9 Å². The zero-order chi connectivity index (χ0) is 14.9. The molecule has 1 aromatic carbocycles. The molecule has 1 aliphatic heterocycles. The third kappa shape index (κ3) is 2.61. The molecule has 6 heteroatoms. The zero-order valence-electron chi connectivity index (χ0n) is 12.4. The van der Waals surface area contributed by atoms with Crippen LogP contribution in [0.5, 0.6) is 0 Å².